The van der Waals surface area contributed by atoms with Crippen LogP contribution in [-0.4, -0.2) is 0 Å². The monoisotopic (exact) mass is 730 g/mol. The second-order valence-electron chi connectivity index (χ2n) is 12.0. The van der Waals surface area contributed by atoms with Crippen LogP contribution in [0.1, 0.15) is 0 Å². The maximum absolute atomic E-state index is 6.25. The largest absolute Gasteiger partial charge is 0.512 e. The Bertz CT molecular complexity index is 1770. The predicted molar refractivity (Wildman–Crippen MR) is 232 cm³/mol. The smallest absolute Gasteiger partial charge is 0.144 e. The molecule has 8 aromatic carbocycles. The lowest BCUT2D eigenvalue weighted by atomic mass is 10.3. The summed E-state index contributed by atoms with van der Waals surface area (Å²) in [5, 5.41) is 23.6. The van der Waals surface area contributed by atoms with Crippen LogP contribution in [-0.2, 0) is 0 Å². The Balaban J connectivity index is 0.000000190. The van der Waals surface area contributed by atoms with Crippen molar-refractivity contribution in [2.45, 2.75) is 0 Å². The van der Waals surface area contributed by atoms with Crippen molar-refractivity contribution in [3.63, 3.8) is 0 Å². The standard InChI is InChI=1S/2C24H20P.2CN/c2*1-5-13-21(14-6-1)25(22-15-7-2-8-16-22,23-17-9-3-10-18-23)24-19-11-4-12-20-24;2*1-2/h2*1-20H;;/q2*+1;2*-1. The normalized spacial score (nSPS) is 10.4. The molecule has 4 heteroatoms. The Morgan fingerprint density at radius 2 is 0.278 bits per heavy atom. The molecule has 54 heavy (non-hydrogen) atoms. The second kappa shape index (κ2) is 20.0. The van der Waals surface area contributed by atoms with E-state index in [-0.39, 0.29) is 0 Å². The van der Waals surface area contributed by atoms with Crippen LogP contribution in [0.4, 0.5) is 0 Å². The van der Waals surface area contributed by atoms with E-state index in [2.05, 4.69) is 243 Å². The van der Waals surface area contributed by atoms with E-state index in [1.165, 1.54) is 42.4 Å². The molecule has 0 spiro atoms. The second-order valence-corrected chi connectivity index (χ2v) is 18.8. The number of benzene rings is 8. The first-order chi connectivity index (χ1) is 26.8. The highest BCUT2D eigenvalue weighted by molar-refractivity contribution is 8.02. The topological polar surface area (TPSA) is 47.6 Å². The van der Waals surface area contributed by atoms with Gasteiger partial charge in [-0.3, -0.25) is 0 Å². The van der Waals surface area contributed by atoms with Crippen LogP contribution in [0, 0.1) is 23.7 Å². The quantitative estimate of drug-likeness (QED) is 0.116. The summed E-state index contributed by atoms with van der Waals surface area (Å²) in [5.74, 6) is 0. The molecular formula is C50H40N2P2. The van der Waals surface area contributed by atoms with E-state index in [1.807, 2.05) is 0 Å². The van der Waals surface area contributed by atoms with Crippen LogP contribution in [0.25, 0.3) is 0 Å². The molecule has 0 saturated heterocycles. The molecule has 8 rings (SSSR count). The Morgan fingerprint density at radius 3 is 0.370 bits per heavy atom. The molecule has 0 radical (unpaired) electrons. The van der Waals surface area contributed by atoms with Crippen molar-refractivity contribution in [1.82, 2.24) is 0 Å². The summed E-state index contributed by atoms with van der Waals surface area (Å²) in [6.07, 6.45) is 0. The molecule has 0 aliphatic carbocycles. The molecular weight excluding hydrogens is 691 g/mol. The minimum Gasteiger partial charge on any atom is -0.512 e. The van der Waals surface area contributed by atoms with Crippen LogP contribution in [0.5, 0.6) is 0 Å². The maximum Gasteiger partial charge on any atom is 0.144 e. The molecule has 0 amide bonds. The van der Waals surface area contributed by atoms with Gasteiger partial charge in [0.15, 0.2) is 0 Å². The maximum atomic E-state index is 6.25. The van der Waals surface area contributed by atoms with Crippen LogP contribution in [0.2, 0.25) is 0 Å². The van der Waals surface area contributed by atoms with Gasteiger partial charge in [-0.15, -0.1) is 0 Å². The highest BCUT2D eigenvalue weighted by atomic mass is 31.2. The van der Waals surface area contributed by atoms with Crippen molar-refractivity contribution in [3.8, 4) is 0 Å². The van der Waals surface area contributed by atoms with Gasteiger partial charge in [-0.1, -0.05) is 146 Å². The van der Waals surface area contributed by atoms with Crippen LogP contribution in [0.3, 0.4) is 0 Å². The van der Waals surface area contributed by atoms with Crippen molar-refractivity contribution in [2.75, 3.05) is 0 Å². The van der Waals surface area contributed by atoms with E-state index in [4.69, 9.17) is 23.7 Å². The molecule has 0 heterocycles. The van der Waals surface area contributed by atoms with Crippen LogP contribution in [0.15, 0.2) is 243 Å². The zero-order valence-electron chi connectivity index (χ0n) is 29.9. The van der Waals surface area contributed by atoms with Gasteiger partial charge in [-0.05, 0) is 97.1 Å². The average molecular weight is 731 g/mol. The van der Waals surface area contributed by atoms with Crippen LogP contribution < -0.4 is 42.4 Å². The zero-order chi connectivity index (χ0) is 37.9. The Kier molecular flexibility index (Phi) is 14.4. The summed E-state index contributed by atoms with van der Waals surface area (Å²) in [6.45, 7) is 9.50. The zero-order valence-corrected chi connectivity index (χ0v) is 31.7. The molecule has 2 nitrogen and oxygen atoms in total. The molecule has 0 N–H and O–H groups in total. The average Bonchev–Trinajstić information content (AvgIpc) is 3.29. The Labute approximate surface area is 322 Å². The van der Waals surface area contributed by atoms with E-state index in [0.717, 1.165) is 0 Å². The van der Waals surface area contributed by atoms with Crippen molar-refractivity contribution < 1.29 is 0 Å². The van der Waals surface area contributed by atoms with Gasteiger partial charge in [0.05, 0.1) is 0 Å². The first-order valence-corrected chi connectivity index (χ1v) is 21.1. The van der Waals surface area contributed by atoms with Gasteiger partial charge < -0.3 is 23.7 Å². The summed E-state index contributed by atoms with van der Waals surface area (Å²) < 4.78 is 0. The van der Waals surface area contributed by atoms with E-state index < -0.39 is 14.5 Å². The summed E-state index contributed by atoms with van der Waals surface area (Å²) in [5.41, 5.74) is 0. The number of nitrogens with zero attached hydrogens (tertiary/aromatic N) is 2. The van der Waals surface area contributed by atoms with Crippen molar-refractivity contribution in [2.24, 2.45) is 0 Å². The molecule has 0 fully saturated rings. The minimum atomic E-state index is -1.91. The summed E-state index contributed by atoms with van der Waals surface area (Å²) >= 11 is 0. The van der Waals surface area contributed by atoms with Gasteiger partial charge in [-0.25, -0.2) is 0 Å². The van der Waals surface area contributed by atoms with Gasteiger partial charge >= 0.3 is 0 Å². The van der Waals surface area contributed by atoms with E-state index >= 15 is 0 Å². The third-order valence-corrected chi connectivity index (χ3v) is 17.7. The van der Waals surface area contributed by atoms with Gasteiger partial charge in [0.25, 0.3) is 0 Å². The lowest BCUT2D eigenvalue weighted by Crippen LogP contribution is -2.38. The summed E-state index contributed by atoms with van der Waals surface area (Å²) in [4.78, 5) is 0. The summed E-state index contributed by atoms with van der Waals surface area (Å²) in [7, 11) is -3.81. The fourth-order valence-electron chi connectivity index (χ4n) is 7.00. The molecule has 0 unspecified atom stereocenters. The molecule has 0 saturated carbocycles. The van der Waals surface area contributed by atoms with Gasteiger partial charge in [0.2, 0.25) is 0 Å². The van der Waals surface area contributed by atoms with Crippen molar-refractivity contribution >= 4 is 57.0 Å². The Hall–Kier alpha value is -6.40. The summed E-state index contributed by atoms with van der Waals surface area (Å²) in [6, 6.07) is 87.7. The molecule has 0 aromatic heterocycles. The lowest BCUT2D eigenvalue weighted by molar-refractivity contribution is 1.53. The SMILES string of the molecule is [C-]#N.[C-]#N.c1ccc([P+](c2ccccc2)(c2ccccc2)c2ccccc2)cc1.c1ccc([P+](c2ccccc2)(c2ccccc2)c2ccccc2)cc1. The minimum absolute atomic E-state index is 1.39. The van der Waals surface area contributed by atoms with E-state index in [9.17, 15) is 0 Å². The predicted octanol–water partition coefficient (Wildman–Crippen LogP) is 8.80. The lowest BCUT2D eigenvalue weighted by Gasteiger charge is -2.27. The van der Waals surface area contributed by atoms with E-state index in [1.54, 1.807) is 0 Å². The highest BCUT2D eigenvalue weighted by Gasteiger charge is 2.48. The third kappa shape index (κ3) is 8.13. The number of hydrogen-bond acceptors (Lipinski definition) is 2. The molecule has 0 bridgehead atoms. The fourth-order valence-corrected chi connectivity index (χ4v) is 15.5. The van der Waals surface area contributed by atoms with Gasteiger partial charge in [0.1, 0.15) is 57.0 Å². The van der Waals surface area contributed by atoms with Crippen LogP contribution >= 0.6 is 14.5 Å². The van der Waals surface area contributed by atoms with E-state index in [0.29, 0.717) is 0 Å². The fraction of sp³-hybridized carbons (Fsp3) is 0. The highest BCUT2D eigenvalue weighted by Crippen LogP contribution is 2.55. The molecule has 0 atom stereocenters. The third-order valence-electron chi connectivity index (χ3n) is 9.15. The molecule has 0 aliphatic rings. The van der Waals surface area contributed by atoms with Crippen molar-refractivity contribution in [1.29, 1.82) is 10.5 Å². The molecule has 260 valence electrons. The first kappa shape index (κ1) is 38.8. The first-order valence-electron chi connectivity index (χ1n) is 17.5. The number of rotatable bonds is 8. The van der Waals surface area contributed by atoms with Crippen molar-refractivity contribution in [3.05, 3.63) is 256 Å². The van der Waals surface area contributed by atoms with Gasteiger partial charge in [-0.2, -0.15) is 0 Å². The van der Waals surface area contributed by atoms with Gasteiger partial charge in [0, 0.05) is 0 Å². The number of hydrogen-bond donors (Lipinski definition) is 0. The Morgan fingerprint density at radius 1 is 0.185 bits per heavy atom. The molecule has 8 aromatic rings. The molecule has 0 aliphatic heterocycles.